The summed E-state index contributed by atoms with van der Waals surface area (Å²) in [5, 5.41) is 4.50. The fourth-order valence-corrected chi connectivity index (χ4v) is 2.56. The average molecular weight is 376 g/mol. The van der Waals surface area contributed by atoms with Gasteiger partial charge in [0.1, 0.15) is 12.4 Å². The van der Waals surface area contributed by atoms with E-state index in [-0.39, 0.29) is 12.2 Å². The van der Waals surface area contributed by atoms with Gasteiger partial charge in [-0.3, -0.25) is 10.1 Å². The fraction of sp³-hybridized carbons (Fsp3) is 0.263. The van der Waals surface area contributed by atoms with Gasteiger partial charge in [-0.15, -0.1) is 0 Å². The third-order valence-corrected chi connectivity index (χ3v) is 3.79. The van der Waals surface area contributed by atoms with Gasteiger partial charge in [-0.25, -0.2) is 9.18 Å². The SMILES string of the molecule is COc1ccc(C[NH+](C)CC(=O)NC(=O)Nc2ccccc2F)cc1OC. The van der Waals surface area contributed by atoms with Crippen molar-refractivity contribution >= 4 is 17.6 Å². The number of amides is 3. The van der Waals surface area contributed by atoms with E-state index < -0.39 is 17.8 Å². The van der Waals surface area contributed by atoms with Gasteiger partial charge >= 0.3 is 6.03 Å². The predicted octanol–water partition coefficient (Wildman–Crippen LogP) is 1.21. The number of imide groups is 1. The molecule has 2 aromatic rings. The van der Waals surface area contributed by atoms with E-state index in [0.29, 0.717) is 18.0 Å². The van der Waals surface area contributed by atoms with Crippen LogP contribution in [0.5, 0.6) is 11.5 Å². The van der Waals surface area contributed by atoms with E-state index in [0.717, 1.165) is 10.5 Å². The Labute approximate surface area is 157 Å². The van der Waals surface area contributed by atoms with Gasteiger partial charge in [0.15, 0.2) is 18.0 Å². The van der Waals surface area contributed by atoms with Crippen LogP contribution in [0.3, 0.4) is 0 Å². The molecule has 0 aliphatic heterocycles. The fourth-order valence-electron chi connectivity index (χ4n) is 2.56. The van der Waals surface area contributed by atoms with Crippen molar-refractivity contribution < 1.29 is 28.4 Å². The third-order valence-electron chi connectivity index (χ3n) is 3.79. The van der Waals surface area contributed by atoms with E-state index in [1.54, 1.807) is 26.4 Å². The molecule has 0 spiro atoms. The number of carbonyl (C=O) groups is 2. The molecule has 0 saturated carbocycles. The smallest absolute Gasteiger partial charge is 0.326 e. The number of urea groups is 1. The van der Waals surface area contributed by atoms with Crippen LogP contribution in [0, 0.1) is 5.82 Å². The molecule has 144 valence electrons. The van der Waals surface area contributed by atoms with Crippen LogP contribution in [0.4, 0.5) is 14.9 Å². The summed E-state index contributed by atoms with van der Waals surface area (Å²) in [5.74, 6) is 0.191. The first-order valence-corrected chi connectivity index (χ1v) is 8.30. The molecular weight excluding hydrogens is 353 g/mol. The second kappa shape index (κ2) is 9.54. The quantitative estimate of drug-likeness (QED) is 0.679. The average Bonchev–Trinajstić information content (AvgIpc) is 2.63. The lowest BCUT2D eigenvalue weighted by atomic mass is 10.2. The minimum absolute atomic E-state index is 0.00818. The van der Waals surface area contributed by atoms with E-state index in [9.17, 15) is 14.0 Å². The summed E-state index contributed by atoms with van der Waals surface area (Å²) in [6.07, 6.45) is 0. The Kier molecular flexibility index (Phi) is 7.13. The molecule has 0 fully saturated rings. The van der Waals surface area contributed by atoms with Crippen LogP contribution < -0.4 is 25.0 Å². The van der Waals surface area contributed by atoms with Crippen LogP contribution in [-0.2, 0) is 11.3 Å². The Morgan fingerprint density at radius 3 is 2.44 bits per heavy atom. The summed E-state index contributed by atoms with van der Waals surface area (Å²) in [5.41, 5.74) is 0.961. The highest BCUT2D eigenvalue weighted by Gasteiger charge is 2.15. The number of carbonyl (C=O) groups excluding carboxylic acids is 2. The first-order valence-electron chi connectivity index (χ1n) is 8.30. The molecule has 2 rings (SSSR count). The lowest BCUT2D eigenvalue weighted by molar-refractivity contribution is -0.885. The first kappa shape index (κ1) is 20.2. The zero-order valence-corrected chi connectivity index (χ0v) is 15.5. The summed E-state index contributed by atoms with van der Waals surface area (Å²) in [6, 6.07) is 10.5. The number of nitrogens with one attached hydrogen (secondary N) is 3. The maximum atomic E-state index is 13.5. The van der Waals surface area contributed by atoms with Gasteiger partial charge in [0.05, 0.1) is 27.0 Å². The number of methoxy groups -OCH3 is 2. The molecule has 0 bridgehead atoms. The van der Waals surface area contributed by atoms with Crippen molar-refractivity contribution in [2.45, 2.75) is 6.54 Å². The van der Waals surface area contributed by atoms with Gasteiger partial charge in [0.25, 0.3) is 5.91 Å². The summed E-state index contributed by atoms with van der Waals surface area (Å²) < 4.78 is 24.0. The molecule has 0 aliphatic carbocycles. The summed E-state index contributed by atoms with van der Waals surface area (Å²) >= 11 is 0. The Morgan fingerprint density at radius 1 is 1.07 bits per heavy atom. The monoisotopic (exact) mass is 376 g/mol. The number of para-hydroxylation sites is 1. The van der Waals surface area contributed by atoms with Crippen molar-refractivity contribution in [1.29, 1.82) is 0 Å². The van der Waals surface area contributed by atoms with Crippen LogP contribution in [0.2, 0.25) is 0 Å². The lowest BCUT2D eigenvalue weighted by Gasteiger charge is -2.15. The Balaban J connectivity index is 1.86. The van der Waals surface area contributed by atoms with Crippen molar-refractivity contribution in [2.75, 3.05) is 33.1 Å². The molecule has 1 unspecified atom stereocenters. The number of halogens is 1. The number of rotatable bonds is 7. The van der Waals surface area contributed by atoms with E-state index >= 15 is 0 Å². The van der Waals surface area contributed by atoms with E-state index in [2.05, 4.69) is 10.6 Å². The van der Waals surface area contributed by atoms with E-state index in [1.165, 1.54) is 18.2 Å². The number of likely N-dealkylation sites (N-methyl/N-ethyl adjacent to an activating group) is 1. The largest absolute Gasteiger partial charge is 0.493 e. The third kappa shape index (κ3) is 5.96. The molecule has 3 amide bonds. The molecule has 0 aromatic heterocycles. The van der Waals surface area contributed by atoms with Crippen LogP contribution in [0.15, 0.2) is 42.5 Å². The van der Waals surface area contributed by atoms with Gasteiger partial charge in [-0.1, -0.05) is 12.1 Å². The molecule has 1 atom stereocenters. The van der Waals surface area contributed by atoms with Crippen LogP contribution in [0.1, 0.15) is 5.56 Å². The first-order chi connectivity index (χ1) is 12.9. The second-order valence-electron chi connectivity index (χ2n) is 5.98. The summed E-state index contributed by atoms with van der Waals surface area (Å²) in [7, 11) is 4.94. The van der Waals surface area contributed by atoms with Gasteiger partial charge in [0, 0.05) is 5.56 Å². The Morgan fingerprint density at radius 2 is 1.78 bits per heavy atom. The molecule has 8 heteroatoms. The van der Waals surface area contributed by atoms with Crippen LogP contribution in [-0.4, -0.2) is 39.8 Å². The van der Waals surface area contributed by atoms with Crippen LogP contribution >= 0.6 is 0 Å². The number of benzene rings is 2. The lowest BCUT2D eigenvalue weighted by Crippen LogP contribution is -3.09. The number of quaternary nitrogens is 1. The van der Waals surface area contributed by atoms with Crippen molar-refractivity contribution in [3.63, 3.8) is 0 Å². The Hall–Kier alpha value is -3.13. The number of hydrogen-bond acceptors (Lipinski definition) is 4. The molecule has 0 radical (unpaired) electrons. The van der Waals surface area contributed by atoms with Crippen molar-refractivity contribution in [1.82, 2.24) is 5.32 Å². The maximum Gasteiger partial charge on any atom is 0.326 e. The standard InChI is InChI=1S/C19H22FN3O4/c1-23(11-13-8-9-16(26-2)17(10-13)27-3)12-18(24)22-19(25)21-15-7-5-4-6-14(15)20/h4-10H,11-12H2,1-3H3,(H2,21,22,24,25)/p+1. The van der Waals surface area contributed by atoms with Crippen molar-refractivity contribution in [3.8, 4) is 11.5 Å². The molecular formula is C19H23FN3O4+. The zero-order valence-electron chi connectivity index (χ0n) is 15.5. The number of hydrogen-bond donors (Lipinski definition) is 3. The van der Waals surface area contributed by atoms with Crippen molar-refractivity contribution in [2.24, 2.45) is 0 Å². The van der Waals surface area contributed by atoms with Gasteiger partial charge in [0.2, 0.25) is 0 Å². The molecule has 3 N–H and O–H groups in total. The van der Waals surface area contributed by atoms with Gasteiger partial charge in [-0.2, -0.15) is 0 Å². The van der Waals surface area contributed by atoms with Gasteiger partial charge in [-0.05, 0) is 30.3 Å². The van der Waals surface area contributed by atoms with Crippen molar-refractivity contribution in [3.05, 3.63) is 53.8 Å². The highest BCUT2D eigenvalue weighted by Crippen LogP contribution is 2.27. The molecule has 0 heterocycles. The minimum Gasteiger partial charge on any atom is -0.493 e. The minimum atomic E-state index is -0.774. The topological polar surface area (TPSA) is 81.1 Å². The predicted molar refractivity (Wildman–Crippen MR) is 98.6 cm³/mol. The molecule has 27 heavy (non-hydrogen) atoms. The Bertz CT molecular complexity index is 813. The zero-order chi connectivity index (χ0) is 19.8. The van der Waals surface area contributed by atoms with Gasteiger partial charge < -0.3 is 19.7 Å². The normalized spacial score (nSPS) is 11.4. The number of ether oxygens (including phenoxy) is 2. The maximum absolute atomic E-state index is 13.5. The summed E-state index contributed by atoms with van der Waals surface area (Å²) in [6.45, 7) is 0.613. The highest BCUT2D eigenvalue weighted by molar-refractivity contribution is 6.01. The molecule has 0 saturated heterocycles. The van der Waals surface area contributed by atoms with E-state index in [1.807, 2.05) is 19.2 Å². The van der Waals surface area contributed by atoms with E-state index in [4.69, 9.17) is 9.47 Å². The highest BCUT2D eigenvalue weighted by atomic mass is 19.1. The number of anilines is 1. The molecule has 2 aromatic carbocycles. The second-order valence-corrected chi connectivity index (χ2v) is 5.98. The molecule has 0 aliphatic rings. The molecule has 7 nitrogen and oxygen atoms in total. The van der Waals surface area contributed by atoms with Crippen LogP contribution in [0.25, 0.3) is 0 Å². The summed E-state index contributed by atoms with van der Waals surface area (Å²) in [4.78, 5) is 24.7.